The van der Waals surface area contributed by atoms with Gasteiger partial charge in [0.05, 0.1) is 19.1 Å². The van der Waals surface area contributed by atoms with Crippen LogP contribution in [0.1, 0.15) is 33.6 Å². The number of aliphatic hydroxyl groups excluding tert-OH is 1. The zero-order chi connectivity index (χ0) is 22.0. The van der Waals surface area contributed by atoms with Crippen LogP contribution >= 0.6 is 0 Å². The maximum Gasteiger partial charge on any atom is 0.325 e. The fraction of sp³-hybridized carbons (Fsp3) is 0.688. The van der Waals surface area contributed by atoms with Crippen LogP contribution in [0.2, 0.25) is 0 Å². The molecule has 4 unspecified atom stereocenters. The first-order valence-corrected chi connectivity index (χ1v) is 8.61. The Balaban J connectivity index is 5.12. The Kier molecular flexibility index (Phi) is 10.7. The van der Waals surface area contributed by atoms with Crippen molar-refractivity contribution in [3.05, 3.63) is 0 Å². The minimum absolute atomic E-state index is 0.0554. The highest BCUT2D eigenvalue weighted by atomic mass is 16.4. The van der Waals surface area contributed by atoms with Crippen molar-refractivity contribution >= 4 is 29.7 Å². The van der Waals surface area contributed by atoms with E-state index in [4.69, 9.17) is 15.9 Å². The highest BCUT2D eigenvalue weighted by molar-refractivity contribution is 5.94. The van der Waals surface area contributed by atoms with Gasteiger partial charge in [-0.15, -0.1) is 0 Å². The van der Waals surface area contributed by atoms with E-state index in [9.17, 15) is 29.1 Å². The van der Waals surface area contributed by atoms with Crippen LogP contribution in [-0.2, 0) is 24.0 Å². The molecule has 0 bridgehead atoms. The Morgan fingerprint density at radius 2 is 1.36 bits per heavy atom. The van der Waals surface area contributed by atoms with Crippen LogP contribution < -0.4 is 21.7 Å². The number of nitrogens with one attached hydrogen (secondary N) is 3. The molecule has 160 valence electrons. The van der Waals surface area contributed by atoms with E-state index in [0.717, 1.165) is 0 Å². The smallest absolute Gasteiger partial charge is 0.325 e. The summed E-state index contributed by atoms with van der Waals surface area (Å²) in [4.78, 5) is 57.9. The quantitative estimate of drug-likeness (QED) is 0.181. The standard InChI is InChI=1S/C16H28N4O8/c1-7(2)4-10(19-13(24)9(17)5-12(22)23)14(25)20-11(6-21)15(26)18-8(3)16(27)28/h7-11,21H,4-6,17H2,1-3H3,(H,18,26)(H,19,24)(H,20,25)(H,22,23)(H,27,28). The number of nitrogens with two attached hydrogens (primary N) is 1. The molecule has 28 heavy (non-hydrogen) atoms. The second kappa shape index (κ2) is 11.9. The third kappa shape index (κ3) is 9.28. The van der Waals surface area contributed by atoms with Crippen LogP contribution in [0.25, 0.3) is 0 Å². The summed E-state index contributed by atoms with van der Waals surface area (Å²) in [5, 5.41) is 33.5. The number of hydrogen-bond donors (Lipinski definition) is 7. The topological polar surface area (TPSA) is 208 Å². The van der Waals surface area contributed by atoms with Gasteiger partial charge in [-0.25, -0.2) is 0 Å². The number of carboxylic acid groups (broad SMARTS) is 2. The van der Waals surface area contributed by atoms with Gasteiger partial charge in [0, 0.05) is 0 Å². The van der Waals surface area contributed by atoms with Gasteiger partial charge in [0.1, 0.15) is 18.1 Å². The van der Waals surface area contributed by atoms with Crippen molar-refractivity contribution < 1.29 is 39.3 Å². The molecule has 0 aromatic heterocycles. The first-order chi connectivity index (χ1) is 12.9. The first kappa shape index (κ1) is 25.3. The van der Waals surface area contributed by atoms with Gasteiger partial charge >= 0.3 is 11.9 Å². The number of carbonyl (C=O) groups is 5. The number of hydrogen-bond acceptors (Lipinski definition) is 7. The fourth-order valence-electron chi connectivity index (χ4n) is 2.10. The third-order valence-corrected chi connectivity index (χ3v) is 3.62. The highest BCUT2D eigenvalue weighted by Crippen LogP contribution is 2.06. The summed E-state index contributed by atoms with van der Waals surface area (Å²) in [6.07, 6.45) is -0.473. The lowest BCUT2D eigenvalue weighted by Crippen LogP contribution is -2.58. The van der Waals surface area contributed by atoms with Gasteiger partial charge in [0.15, 0.2) is 0 Å². The fourth-order valence-corrected chi connectivity index (χ4v) is 2.10. The Morgan fingerprint density at radius 3 is 1.79 bits per heavy atom. The van der Waals surface area contributed by atoms with Crippen molar-refractivity contribution in [3.63, 3.8) is 0 Å². The number of aliphatic hydroxyl groups is 1. The third-order valence-electron chi connectivity index (χ3n) is 3.62. The number of carboxylic acids is 2. The predicted molar refractivity (Wildman–Crippen MR) is 95.9 cm³/mol. The van der Waals surface area contributed by atoms with E-state index in [2.05, 4.69) is 16.0 Å². The molecule has 0 aromatic rings. The van der Waals surface area contributed by atoms with Gasteiger partial charge in [0.2, 0.25) is 17.7 Å². The Bertz CT molecular complexity index is 595. The molecule has 3 amide bonds. The summed E-state index contributed by atoms with van der Waals surface area (Å²) in [6.45, 7) is 3.95. The van der Waals surface area contributed by atoms with E-state index < -0.39 is 66.9 Å². The molecule has 0 aliphatic carbocycles. The summed E-state index contributed by atoms with van der Waals surface area (Å²) in [5.74, 6) is -5.21. The van der Waals surface area contributed by atoms with Crippen molar-refractivity contribution in [1.82, 2.24) is 16.0 Å². The van der Waals surface area contributed by atoms with Crippen LogP contribution in [0.4, 0.5) is 0 Å². The van der Waals surface area contributed by atoms with Gasteiger partial charge in [-0.3, -0.25) is 24.0 Å². The number of carbonyl (C=O) groups excluding carboxylic acids is 3. The van der Waals surface area contributed by atoms with Crippen LogP contribution in [0, 0.1) is 5.92 Å². The summed E-state index contributed by atoms with van der Waals surface area (Å²) in [7, 11) is 0. The van der Waals surface area contributed by atoms with Gasteiger partial charge in [-0.05, 0) is 19.3 Å². The van der Waals surface area contributed by atoms with E-state index in [1.165, 1.54) is 6.92 Å². The highest BCUT2D eigenvalue weighted by Gasteiger charge is 2.29. The Labute approximate surface area is 161 Å². The predicted octanol–water partition coefficient (Wildman–Crippen LogP) is -2.61. The molecule has 0 aromatic carbocycles. The summed E-state index contributed by atoms with van der Waals surface area (Å²) < 4.78 is 0. The second-order valence-corrected chi connectivity index (χ2v) is 6.71. The Hall–Kier alpha value is -2.73. The van der Waals surface area contributed by atoms with Gasteiger partial charge in [-0.2, -0.15) is 0 Å². The molecule has 0 spiro atoms. The molecule has 0 rings (SSSR count). The van der Waals surface area contributed by atoms with E-state index >= 15 is 0 Å². The van der Waals surface area contributed by atoms with Crippen LogP contribution in [0.15, 0.2) is 0 Å². The van der Waals surface area contributed by atoms with Crippen LogP contribution in [-0.4, -0.2) is 75.8 Å². The lowest BCUT2D eigenvalue weighted by atomic mass is 10.0. The molecule has 0 radical (unpaired) electrons. The van der Waals surface area contributed by atoms with E-state index in [1.807, 2.05) is 0 Å². The minimum atomic E-state index is -1.44. The van der Waals surface area contributed by atoms with Crippen molar-refractivity contribution in [3.8, 4) is 0 Å². The largest absolute Gasteiger partial charge is 0.481 e. The molecule has 4 atom stereocenters. The molecule has 0 aliphatic rings. The maximum absolute atomic E-state index is 12.5. The number of aliphatic carboxylic acids is 2. The average Bonchev–Trinajstić information content (AvgIpc) is 2.57. The van der Waals surface area contributed by atoms with Gasteiger partial charge < -0.3 is 37.0 Å². The summed E-state index contributed by atoms with van der Waals surface area (Å²) in [6, 6.07) is -5.17. The number of amides is 3. The minimum Gasteiger partial charge on any atom is -0.481 e. The normalized spacial score (nSPS) is 15.1. The Morgan fingerprint density at radius 1 is 0.857 bits per heavy atom. The molecule has 0 saturated carbocycles. The average molecular weight is 404 g/mol. The van der Waals surface area contributed by atoms with Crippen molar-refractivity contribution in [2.45, 2.75) is 57.8 Å². The van der Waals surface area contributed by atoms with Crippen molar-refractivity contribution in [1.29, 1.82) is 0 Å². The summed E-state index contributed by atoms with van der Waals surface area (Å²) in [5.41, 5.74) is 5.47. The zero-order valence-corrected chi connectivity index (χ0v) is 16.0. The molecule has 12 nitrogen and oxygen atoms in total. The second-order valence-electron chi connectivity index (χ2n) is 6.71. The van der Waals surface area contributed by atoms with Gasteiger partial charge in [-0.1, -0.05) is 13.8 Å². The van der Waals surface area contributed by atoms with E-state index in [-0.39, 0.29) is 12.3 Å². The van der Waals surface area contributed by atoms with Crippen molar-refractivity contribution in [2.24, 2.45) is 11.7 Å². The molecule has 0 heterocycles. The van der Waals surface area contributed by atoms with Crippen molar-refractivity contribution in [2.75, 3.05) is 6.61 Å². The molecular weight excluding hydrogens is 376 g/mol. The zero-order valence-electron chi connectivity index (χ0n) is 16.0. The monoisotopic (exact) mass is 404 g/mol. The molecule has 0 fully saturated rings. The molecule has 8 N–H and O–H groups in total. The molecule has 0 aliphatic heterocycles. The van der Waals surface area contributed by atoms with Crippen LogP contribution in [0.3, 0.4) is 0 Å². The molecular formula is C16H28N4O8. The van der Waals surface area contributed by atoms with E-state index in [0.29, 0.717) is 0 Å². The lowest BCUT2D eigenvalue weighted by molar-refractivity contribution is -0.142. The summed E-state index contributed by atoms with van der Waals surface area (Å²) >= 11 is 0. The lowest BCUT2D eigenvalue weighted by Gasteiger charge is -2.24. The van der Waals surface area contributed by atoms with E-state index in [1.54, 1.807) is 13.8 Å². The number of rotatable bonds is 12. The van der Waals surface area contributed by atoms with Crippen LogP contribution in [0.5, 0.6) is 0 Å². The SMILES string of the molecule is CC(C)CC(NC(=O)C(N)CC(=O)O)C(=O)NC(CO)C(=O)NC(C)C(=O)O. The first-order valence-electron chi connectivity index (χ1n) is 8.61. The van der Waals surface area contributed by atoms with Gasteiger partial charge in [0.25, 0.3) is 0 Å². The molecule has 12 heteroatoms. The molecule has 0 saturated heterocycles. The maximum atomic E-state index is 12.5.